The van der Waals surface area contributed by atoms with Crippen molar-refractivity contribution in [2.75, 3.05) is 19.6 Å². The predicted octanol–water partition coefficient (Wildman–Crippen LogP) is 2.72. The zero-order valence-corrected chi connectivity index (χ0v) is 14.4. The molecule has 138 valence electrons. The van der Waals surface area contributed by atoms with Crippen LogP contribution in [0, 0.1) is 5.92 Å². The Morgan fingerprint density at radius 2 is 2.04 bits per heavy atom. The highest BCUT2D eigenvalue weighted by atomic mass is 19.3. The Balaban J connectivity index is 1.30. The van der Waals surface area contributed by atoms with Gasteiger partial charge >= 0.3 is 0 Å². The number of rotatable bonds is 5. The Hall–Kier alpha value is -1.50. The van der Waals surface area contributed by atoms with Gasteiger partial charge in [-0.15, -0.1) is 0 Å². The first-order valence-electron chi connectivity index (χ1n) is 9.31. The van der Waals surface area contributed by atoms with Gasteiger partial charge in [-0.1, -0.05) is 5.16 Å². The van der Waals surface area contributed by atoms with Gasteiger partial charge in [-0.3, -0.25) is 9.69 Å². The van der Waals surface area contributed by atoms with Gasteiger partial charge in [0, 0.05) is 63.5 Å². The Morgan fingerprint density at radius 1 is 1.28 bits per heavy atom. The Morgan fingerprint density at radius 3 is 2.64 bits per heavy atom. The van der Waals surface area contributed by atoms with Crippen LogP contribution < -0.4 is 0 Å². The van der Waals surface area contributed by atoms with Crippen LogP contribution in [0.15, 0.2) is 16.9 Å². The van der Waals surface area contributed by atoms with Crippen molar-refractivity contribution in [3.8, 4) is 0 Å². The topological polar surface area (TPSA) is 49.6 Å². The molecule has 0 aromatic carbocycles. The van der Waals surface area contributed by atoms with Crippen molar-refractivity contribution in [3.05, 3.63) is 18.0 Å². The molecule has 2 aliphatic heterocycles. The molecule has 1 amide bonds. The Kier molecular flexibility index (Phi) is 4.52. The molecular weight excluding hydrogens is 328 g/mol. The van der Waals surface area contributed by atoms with E-state index in [1.54, 1.807) is 6.07 Å². The second-order valence-corrected chi connectivity index (χ2v) is 7.84. The molecule has 0 radical (unpaired) electrons. The summed E-state index contributed by atoms with van der Waals surface area (Å²) in [4.78, 5) is 16.9. The SMILES string of the molecule is O=C(CCc1ccon1)N1CC2CCC(C1)N2CC1CCC(F)(F)C1. The first-order valence-corrected chi connectivity index (χ1v) is 9.31. The number of nitrogens with zero attached hydrogens (tertiary/aromatic N) is 3. The van der Waals surface area contributed by atoms with Crippen LogP contribution in [-0.4, -0.2) is 58.5 Å². The molecule has 0 spiro atoms. The van der Waals surface area contributed by atoms with Gasteiger partial charge < -0.3 is 9.42 Å². The molecule has 3 atom stereocenters. The molecule has 1 saturated carbocycles. The zero-order chi connectivity index (χ0) is 17.4. The third-order valence-corrected chi connectivity index (χ3v) is 6.05. The van der Waals surface area contributed by atoms with E-state index >= 15 is 0 Å². The van der Waals surface area contributed by atoms with Gasteiger partial charge in [0.15, 0.2) is 0 Å². The van der Waals surface area contributed by atoms with E-state index in [9.17, 15) is 13.6 Å². The molecular formula is C18H25F2N3O2. The van der Waals surface area contributed by atoms with Crippen molar-refractivity contribution < 1.29 is 18.1 Å². The van der Waals surface area contributed by atoms with Crippen LogP contribution in [-0.2, 0) is 11.2 Å². The van der Waals surface area contributed by atoms with Crippen molar-refractivity contribution in [1.29, 1.82) is 0 Å². The number of hydrogen-bond acceptors (Lipinski definition) is 4. The molecule has 3 heterocycles. The highest BCUT2D eigenvalue weighted by Crippen LogP contribution is 2.41. The quantitative estimate of drug-likeness (QED) is 0.817. The Bertz CT molecular complexity index is 593. The zero-order valence-electron chi connectivity index (χ0n) is 14.4. The van der Waals surface area contributed by atoms with Crippen LogP contribution in [0.3, 0.4) is 0 Å². The fraction of sp³-hybridized carbons (Fsp3) is 0.778. The number of carbonyl (C=O) groups excluding carboxylic acids is 1. The minimum atomic E-state index is -2.47. The summed E-state index contributed by atoms with van der Waals surface area (Å²) >= 11 is 0. The predicted molar refractivity (Wildman–Crippen MR) is 87.2 cm³/mol. The summed E-state index contributed by atoms with van der Waals surface area (Å²) in [5.74, 6) is -2.21. The molecule has 3 unspecified atom stereocenters. The lowest BCUT2D eigenvalue weighted by atomic mass is 10.0. The van der Waals surface area contributed by atoms with E-state index in [0.717, 1.165) is 38.2 Å². The summed E-state index contributed by atoms with van der Waals surface area (Å²) in [6.07, 6.45) is 5.40. The number of amides is 1. The van der Waals surface area contributed by atoms with Crippen molar-refractivity contribution in [3.63, 3.8) is 0 Å². The number of halogens is 2. The Labute approximate surface area is 146 Å². The highest BCUT2D eigenvalue weighted by molar-refractivity contribution is 5.76. The van der Waals surface area contributed by atoms with Gasteiger partial charge in [-0.25, -0.2) is 8.78 Å². The van der Waals surface area contributed by atoms with E-state index < -0.39 is 5.92 Å². The summed E-state index contributed by atoms with van der Waals surface area (Å²) in [5.41, 5.74) is 0.803. The third-order valence-electron chi connectivity index (χ3n) is 6.05. The number of hydrogen-bond donors (Lipinski definition) is 0. The molecule has 4 rings (SSSR count). The monoisotopic (exact) mass is 353 g/mol. The molecule has 2 saturated heterocycles. The summed E-state index contributed by atoms with van der Waals surface area (Å²) in [5, 5.41) is 3.84. The van der Waals surface area contributed by atoms with E-state index in [-0.39, 0.29) is 24.7 Å². The molecule has 1 aromatic rings. The van der Waals surface area contributed by atoms with E-state index in [4.69, 9.17) is 4.52 Å². The van der Waals surface area contributed by atoms with E-state index in [0.29, 0.717) is 31.3 Å². The summed E-state index contributed by atoms with van der Waals surface area (Å²) in [6, 6.07) is 2.46. The van der Waals surface area contributed by atoms with Crippen LogP contribution in [0.4, 0.5) is 8.78 Å². The number of carbonyl (C=O) groups is 1. The normalized spacial score (nSPS) is 31.6. The summed E-state index contributed by atoms with van der Waals surface area (Å²) in [6.45, 7) is 2.24. The van der Waals surface area contributed by atoms with E-state index in [1.165, 1.54) is 6.26 Å². The minimum absolute atomic E-state index is 0.0310. The maximum Gasteiger partial charge on any atom is 0.248 e. The van der Waals surface area contributed by atoms with Crippen LogP contribution in [0.1, 0.15) is 44.2 Å². The van der Waals surface area contributed by atoms with Gasteiger partial charge in [0.25, 0.3) is 0 Å². The molecule has 5 nitrogen and oxygen atoms in total. The summed E-state index contributed by atoms with van der Waals surface area (Å²) in [7, 11) is 0. The molecule has 3 fully saturated rings. The van der Waals surface area contributed by atoms with Crippen LogP contribution >= 0.6 is 0 Å². The first kappa shape index (κ1) is 16.9. The molecule has 7 heteroatoms. The number of aromatic nitrogens is 1. The standard InChI is InChI=1S/C18H25F2N3O2/c19-18(20)7-5-13(9-18)10-23-15-2-3-16(23)12-22(11-15)17(24)4-1-14-6-8-25-21-14/h6,8,13,15-16H,1-5,7,9-12H2. The fourth-order valence-electron chi connectivity index (χ4n) is 4.75. The van der Waals surface area contributed by atoms with Crippen molar-refractivity contribution in [2.24, 2.45) is 5.92 Å². The maximum absolute atomic E-state index is 13.4. The van der Waals surface area contributed by atoms with Crippen LogP contribution in [0.25, 0.3) is 0 Å². The van der Waals surface area contributed by atoms with Gasteiger partial charge in [0.1, 0.15) is 6.26 Å². The molecule has 1 aromatic heterocycles. The average molecular weight is 353 g/mol. The fourth-order valence-corrected chi connectivity index (χ4v) is 4.75. The van der Waals surface area contributed by atoms with E-state index in [2.05, 4.69) is 10.1 Å². The first-order chi connectivity index (χ1) is 12.0. The maximum atomic E-state index is 13.4. The lowest BCUT2D eigenvalue weighted by Gasteiger charge is -2.42. The second kappa shape index (κ2) is 6.67. The minimum Gasteiger partial charge on any atom is -0.365 e. The number of alkyl halides is 2. The number of aryl methyl sites for hydroxylation is 1. The van der Waals surface area contributed by atoms with Crippen molar-refractivity contribution in [1.82, 2.24) is 15.0 Å². The molecule has 2 bridgehead atoms. The third kappa shape index (κ3) is 3.71. The van der Waals surface area contributed by atoms with Crippen LogP contribution in [0.5, 0.6) is 0 Å². The van der Waals surface area contributed by atoms with Gasteiger partial charge in [0.05, 0.1) is 5.69 Å². The summed E-state index contributed by atoms with van der Waals surface area (Å²) < 4.78 is 31.7. The molecule has 3 aliphatic rings. The number of fused-ring (bicyclic) bond motifs is 2. The number of likely N-dealkylation sites (tertiary alicyclic amines) is 1. The van der Waals surface area contributed by atoms with Crippen LogP contribution in [0.2, 0.25) is 0 Å². The highest BCUT2D eigenvalue weighted by Gasteiger charge is 2.45. The lowest BCUT2D eigenvalue weighted by Crippen LogP contribution is -2.56. The van der Waals surface area contributed by atoms with Crippen molar-refractivity contribution in [2.45, 2.75) is 63.0 Å². The smallest absolute Gasteiger partial charge is 0.248 e. The van der Waals surface area contributed by atoms with Gasteiger partial charge in [-0.05, 0) is 25.2 Å². The lowest BCUT2D eigenvalue weighted by molar-refractivity contribution is -0.134. The molecule has 1 aliphatic carbocycles. The van der Waals surface area contributed by atoms with E-state index in [1.807, 2.05) is 4.90 Å². The largest absolute Gasteiger partial charge is 0.365 e. The van der Waals surface area contributed by atoms with Gasteiger partial charge in [-0.2, -0.15) is 0 Å². The average Bonchev–Trinajstić information content (AvgIpc) is 3.25. The van der Waals surface area contributed by atoms with Gasteiger partial charge in [0.2, 0.25) is 11.8 Å². The molecule has 25 heavy (non-hydrogen) atoms. The van der Waals surface area contributed by atoms with Crippen molar-refractivity contribution >= 4 is 5.91 Å². The molecule has 0 N–H and O–H groups in total. The number of piperazine rings is 1. The second-order valence-electron chi connectivity index (χ2n) is 7.84.